The van der Waals surface area contributed by atoms with Crippen molar-refractivity contribution in [2.24, 2.45) is 0 Å². The summed E-state index contributed by atoms with van der Waals surface area (Å²) < 4.78 is 11.2. The predicted octanol–water partition coefficient (Wildman–Crippen LogP) is 4.32. The molecule has 4 heteroatoms. The van der Waals surface area contributed by atoms with Gasteiger partial charge in [0.1, 0.15) is 18.1 Å². The Hall–Kier alpha value is -1.94. The lowest BCUT2D eigenvalue weighted by molar-refractivity contribution is -0.134. The van der Waals surface area contributed by atoms with Crippen molar-refractivity contribution in [3.8, 4) is 11.5 Å². The summed E-state index contributed by atoms with van der Waals surface area (Å²) in [5, 5.41) is 0. The van der Waals surface area contributed by atoms with E-state index in [1.165, 1.54) is 5.56 Å². The van der Waals surface area contributed by atoms with Gasteiger partial charge in [-0.2, -0.15) is 12.6 Å². The van der Waals surface area contributed by atoms with E-state index in [9.17, 15) is 4.79 Å². The topological polar surface area (TPSA) is 35.5 Å². The first-order valence-electron chi connectivity index (χ1n) is 7.25. The molecule has 0 heterocycles. The first kappa shape index (κ1) is 16.4. The Balaban J connectivity index is 2.19. The van der Waals surface area contributed by atoms with Crippen molar-refractivity contribution < 1.29 is 14.3 Å². The largest absolute Gasteiger partial charge is 0.489 e. The molecule has 0 spiro atoms. The van der Waals surface area contributed by atoms with Crippen molar-refractivity contribution in [3.63, 3.8) is 0 Å². The number of hydrogen-bond donors (Lipinski definition) is 1. The third-order valence-electron chi connectivity index (χ3n) is 3.32. The number of benzene rings is 2. The van der Waals surface area contributed by atoms with Crippen LogP contribution in [0.2, 0.25) is 0 Å². The smallest absolute Gasteiger partial charge is 0.310 e. The minimum atomic E-state index is -0.257. The van der Waals surface area contributed by atoms with Gasteiger partial charge in [0.05, 0.1) is 0 Å². The van der Waals surface area contributed by atoms with Crippen LogP contribution in [0.5, 0.6) is 11.5 Å². The van der Waals surface area contributed by atoms with Gasteiger partial charge in [-0.25, -0.2) is 0 Å². The van der Waals surface area contributed by atoms with Gasteiger partial charge in [-0.15, -0.1) is 0 Å². The molecule has 0 aliphatic rings. The molecule has 116 valence electrons. The van der Waals surface area contributed by atoms with E-state index in [0.717, 1.165) is 16.9 Å². The summed E-state index contributed by atoms with van der Waals surface area (Å²) in [5.41, 5.74) is 3.04. The molecule has 2 aromatic carbocycles. The van der Waals surface area contributed by atoms with E-state index < -0.39 is 0 Å². The molecule has 0 aliphatic heterocycles. The Labute approximate surface area is 136 Å². The Morgan fingerprint density at radius 3 is 2.50 bits per heavy atom. The summed E-state index contributed by atoms with van der Waals surface area (Å²) in [4.78, 5) is 11.6. The van der Waals surface area contributed by atoms with Crippen LogP contribution in [-0.4, -0.2) is 5.97 Å². The number of hydrogen-bond acceptors (Lipinski definition) is 4. The van der Waals surface area contributed by atoms with Gasteiger partial charge < -0.3 is 9.47 Å². The Morgan fingerprint density at radius 1 is 1.14 bits per heavy atom. The van der Waals surface area contributed by atoms with Crippen LogP contribution in [-0.2, 0) is 17.2 Å². The average Bonchev–Trinajstić information content (AvgIpc) is 2.54. The highest BCUT2D eigenvalue weighted by Crippen LogP contribution is 2.26. The van der Waals surface area contributed by atoms with E-state index in [1.54, 1.807) is 13.0 Å². The van der Waals surface area contributed by atoms with Crippen LogP contribution < -0.4 is 9.47 Å². The number of thiol groups is 1. The fourth-order valence-electron chi connectivity index (χ4n) is 2.00. The molecular formula is C18H20O3S. The molecular weight excluding hydrogens is 296 g/mol. The SMILES string of the molecule is CCC(=O)Oc1cccc(CS)c1COc1ccc(C)cc1. The molecule has 0 saturated heterocycles. The normalized spacial score (nSPS) is 10.3. The highest BCUT2D eigenvalue weighted by molar-refractivity contribution is 7.79. The molecule has 0 aromatic heterocycles. The number of carbonyl (C=O) groups excluding carboxylic acids is 1. The average molecular weight is 316 g/mol. The molecule has 0 amide bonds. The molecule has 22 heavy (non-hydrogen) atoms. The van der Waals surface area contributed by atoms with E-state index >= 15 is 0 Å². The lowest BCUT2D eigenvalue weighted by atomic mass is 10.1. The van der Waals surface area contributed by atoms with Gasteiger partial charge in [-0.3, -0.25) is 4.79 Å². The second-order valence-electron chi connectivity index (χ2n) is 4.98. The van der Waals surface area contributed by atoms with E-state index in [-0.39, 0.29) is 5.97 Å². The first-order chi connectivity index (χ1) is 10.6. The first-order valence-corrected chi connectivity index (χ1v) is 7.89. The van der Waals surface area contributed by atoms with Gasteiger partial charge in [0.25, 0.3) is 0 Å². The van der Waals surface area contributed by atoms with Crippen LogP contribution in [0.3, 0.4) is 0 Å². The van der Waals surface area contributed by atoms with Gasteiger partial charge in [-0.1, -0.05) is 36.8 Å². The van der Waals surface area contributed by atoms with Crippen molar-refractivity contribution in [1.29, 1.82) is 0 Å². The van der Waals surface area contributed by atoms with E-state index in [1.807, 2.05) is 43.3 Å². The summed E-state index contributed by atoms with van der Waals surface area (Å²) in [5.74, 6) is 1.63. The summed E-state index contributed by atoms with van der Waals surface area (Å²) in [6.07, 6.45) is 0.337. The lowest BCUT2D eigenvalue weighted by Crippen LogP contribution is -2.10. The number of esters is 1. The summed E-state index contributed by atoms with van der Waals surface area (Å²) in [6.45, 7) is 4.14. The van der Waals surface area contributed by atoms with Gasteiger partial charge in [0, 0.05) is 17.7 Å². The molecule has 0 radical (unpaired) electrons. The fourth-order valence-corrected chi connectivity index (χ4v) is 2.30. The van der Waals surface area contributed by atoms with Crippen LogP contribution in [0.1, 0.15) is 30.0 Å². The standard InChI is InChI=1S/C18H20O3S/c1-3-18(19)21-17-6-4-5-14(12-22)16(17)11-20-15-9-7-13(2)8-10-15/h4-10,22H,3,11-12H2,1-2H3. The van der Waals surface area contributed by atoms with Gasteiger partial charge >= 0.3 is 5.97 Å². The third kappa shape index (κ3) is 4.28. The molecule has 0 N–H and O–H groups in total. The molecule has 2 rings (SSSR count). The number of aryl methyl sites for hydroxylation is 1. The van der Waals surface area contributed by atoms with Crippen LogP contribution >= 0.6 is 12.6 Å². The van der Waals surface area contributed by atoms with E-state index in [2.05, 4.69) is 12.6 Å². The molecule has 2 aromatic rings. The van der Waals surface area contributed by atoms with Crippen molar-refractivity contribution in [1.82, 2.24) is 0 Å². The second kappa shape index (κ2) is 7.90. The Morgan fingerprint density at radius 2 is 1.86 bits per heavy atom. The van der Waals surface area contributed by atoms with E-state index in [4.69, 9.17) is 9.47 Å². The number of ether oxygens (including phenoxy) is 2. The highest BCUT2D eigenvalue weighted by Gasteiger charge is 2.12. The van der Waals surface area contributed by atoms with Crippen LogP contribution in [0.25, 0.3) is 0 Å². The third-order valence-corrected chi connectivity index (χ3v) is 3.66. The lowest BCUT2D eigenvalue weighted by Gasteiger charge is -2.14. The highest BCUT2D eigenvalue weighted by atomic mass is 32.1. The van der Waals surface area contributed by atoms with Crippen molar-refractivity contribution in [2.45, 2.75) is 32.6 Å². The monoisotopic (exact) mass is 316 g/mol. The maximum atomic E-state index is 11.6. The van der Waals surface area contributed by atoms with Gasteiger partial charge in [0.2, 0.25) is 0 Å². The summed E-state index contributed by atoms with van der Waals surface area (Å²) in [6, 6.07) is 13.5. The van der Waals surface area contributed by atoms with Crippen molar-refractivity contribution >= 4 is 18.6 Å². The molecule has 0 saturated carbocycles. The van der Waals surface area contributed by atoms with Crippen LogP contribution in [0, 0.1) is 6.92 Å². The fraction of sp³-hybridized carbons (Fsp3) is 0.278. The quantitative estimate of drug-likeness (QED) is 0.490. The molecule has 0 unspecified atom stereocenters. The van der Waals surface area contributed by atoms with Crippen molar-refractivity contribution in [3.05, 3.63) is 59.2 Å². The molecule has 0 atom stereocenters. The molecule has 0 aliphatic carbocycles. The zero-order valence-electron chi connectivity index (χ0n) is 12.8. The maximum absolute atomic E-state index is 11.6. The molecule has 0 fully saturated rings. The van der Waals surface area contributed by atoms with Crippen molar-refractivity contribution in [2.75, 3.05) is 0 Å². The summed E-state index contributed by atoms with van der Waals surface area (Å²) in [7, 11) is 0. The number of carbonyl (C=O) groups is 1. The minimum absolute atomic E-state index is 0.257. The van der Waals surface area contributed by atoms with Gasteiger partial charge in [-0.05, 0) is 30.7 Å². The van der Waals surface area contributed by atoms with Crippen LogP contribution in [0.4, 0.5) is 0 Å². The number of rotatable bonds is 6. The Bertz CT molecular complexity index is 635. The minimum Gasteiger partial charge on any atom is -0.489 e. The predicted molar refractivity (Wildman–Crippen MR) is 90.6 cm³/mol. The van der Waals surface area contributed by atoms with Crippen LogP contribution in [0.15, 0.2) is 42.5 Å². The molecule has 3 nitrogen and oxygen atoms in total. The second-order valence-corrected chi connectivity index (χ2v) is 5.30. The van der Waals surface area contributed by atoms with E-state index in [0.29, 0.717) is 24.5 Å². The zero-order chi connectivity index (χ0) is 15.9. The maximum Gasteiger partial charge on any atom is 0.310 e. The Kier molecular flexibility index (Phi) is 5.90. The molecule has 0 bridgehead atoms. The van der Waals surface area contributed by atoms with Gasteiger partial charge in [0.15, 0.2) is 0 Å². The summed E-state index contributed by atoms with van der Waals surface area (Å²) >= 11 is 4.34. The zero-order valence-corrected chi connectivity index (χ0v) is 13.7.